The first-order valence-corrected chi connectivity index (χ1v) is 7.32. The van der Waals surface area contributed by atoms with E-state index in [-0.39, 0.29) is 10.6 Å². The Hall–Kier alpha value is -1.89. The molecule has 1 heterocycles. The van der Waals surface area contributed by atoms with Gasteiger partial charge in [-0.05, 0) is 24.3 Å². The second-order valence-electron chi connectivity index (χ2n) is 4.21. The highest BCUT2D eigenvalue weighted by atomic mass is 35.5. The number of halogens is 2. The molecule has 3 rings (SSSR count). The monoisotopic (exact) mass is 338 g/mol. The number of fused-ring (bicyclic) bond motifs is 1. The number of amides is 1. The second kappa shape index (κ2) is 5.48. The highest BCUT2D eigenvalue weighted by Crippen LogP contribution is 2.31. The second-order valence-corrected chi connectivity index (χ2v) is 5.56. The smallest absolute Gasteiger partial charge is 0.259 e. The summed E-state index contributed by atoms with van der Waals surface area (Å²) in [7, 11) is 0. The van der Waals surface area contributed by atoms with Crippen molar-refractivity contribution in [3.8, 4) is 0 Å². The van der Waals surface area contributed by atoms with Gasteiger partial charge in [0, 0.05) is 5.69 Å². The minimum Gasteiger partial charge on any atom is -0.398 e. The van der Waals surface area contributed by atoms with Gasteiger partial charge in [-0.2, -0.15) is 8.75 Å². The lowest BCUT2D eigenvalue weighted by Crippen LogP contribution is -2.15. The Balaban J connectivity index is 2.04. The number of nitrogens with one attached hydrogen (secondary N) is 1. The van der Waals surface area contributed by atoms with Crippen molar-refractivity contribution in [3.63, 3.8) is 0 Å². The Morgan fingerprint density at radius 2 is 1.95 bits per heavy atom. The molecule has 5 nitrogen and oxygen atoms in total. The van der Waals surface area contributed by atoms with E-state index in [1.807, 2.05) is 0 Å². The third-order valence-corrected chi connectivity index (χ3v) is 4.06. The number of carbonyl (C=O) groups excluding carboxylic acids is 1. The lowest BCUT2D eigenvalue weighted by Gasteiger charge is -2.10. The molecule has 1 amide bonds. The van der Waals surface area contributed by atoms with E-state index in [9.17, 15) is 4.79 Å². The van der Waals surface area contributed by atoms with E-state index in [2.05, 4.69) is 14.1 Å². The Bertz CT molecular complexity index is 829. The number of aromatic nitrogens is 2. The van der Waals surface area contributed by atoms with Gasteiger partial charge in [0.1, 0.15) is 11.0 Å². The average molecular weight is 339 g/mol. The van der Waals surface area contributed by atoms with Gasteiger partial charge in [0.15, 0.2) is 0 Å². The quantitative estimate of drug-likeness (QED) is 0.695. The molecule has 0 aliphatic carbocycles. The molecule has 1 aromatic heterocycles. The van der Waals surface area contributed by atoms with Gasteiger partial charge in [-0.1, -0.05) is 29.3 Å². The number of hydrogen-bond acceptors (Lipinski definition) is 5. The van der Waals surface area contributed by atoms with Crippen LogP contribution in [0.2, 0.25) is 10.0 Å². The molecule has 0 fully saturated rings. The van der Waals surface area contributed by atoms with Crippen molar-refractivity contribution in [2.75, 3.05) is 11.1 Å². The molecular formula is C13H8Cl2N4OS. The normalized spacial score (nSPS) is 10.8. The van der Waals surface area contributed by atoms with Crippen LogP contribution in [0.3, 0.4) is 0 Å². The number of carbonyl (C=O) groups is 1. The average Bonchev–Trinajstić information content (AvgIpc) is 2.90. The standard InChI is InChI=1S/C13H8Cl2N4OS/c14-6-2-1-3-8(16)10(6)13(20)17-11-7(15)4-5-9-12(11)19-21-18-9/h1-5H,16H2,(H,17,20). The van der Waals surface area contributed by atoms with Crippen LogP contribution in [0.5, 0.6) is 0 Å². The highest BCUT2D eigenvalue weighted by Gasteiger charge is 2.18. The molecule has 0 atom stereocenters. The number of nitrogens with two attached hydrogens (primary N) is 1. The fourth-order valence-electron chi connectivity index (χ4n) is 1.90. The Labute approximate surface area is 134 Å². The molecule has 106 valence electrons. The molecule has 0 aliphatic rings. The molecule has 0 aliphatic heterocycles. The molecule has 3 N–H and O–H groups in total. The molecule has 2 aromatic carbocycles. The van der Waals surface area contributed by atoms with E-state index < -0.39 is 5.91 Å². The SMILES string of the molecule is Nc1cccc(Cl)c1C(=O)Nc1c(Cl)ccc2nsnc12. The molecule has 0 saturated carbocycles. The first-order chi connectivity index (χ1) is 10.1. The molecule has 0 saturated heterocycles. The Morgan fingerprint density at radius 1 is 1.14 bits per heavy atom. The predicted octanol–water partition coefficient (Wildman–Crippen LogP) is 3.83. The zero-order chi connectivity index (χ0) is 15.0. The van der Waals surface area contributed by atoms with Crippen LogP contribution in [-0.2, 0) is 0 Å². The Morgan fingerprint density at radius 3 is 2.71 bits per heavy atom. The minimum atomic E-state index is -0.444. The molecule has 3 aromatic rings. The van der Waals surface area contributed by atoms with E-state index >= 15 is 0 Å². The lowest BCUT2D eigenvalue weighted by molar-refractivity contribution is 0.102. The summed E-state index contributed by atoms with van der Waals surface area (Å²) >= 11 is 13.2. The van der Waals surface area contributed by atoms with Crippen LogP contribution >= 0.6 is 34.9 Å². The van der Waals surface area contributed by atoms with Crippen molar-refractivity contribution in [1.29, 1.82) is 0 Å². The zero-order valence-electron chi connectivity index (χ0n) is 10.4. The van der Waals surface area contributed by atoms with Gasteiger partial charge < -0.3 is 11.1 Å². The van der Waals surface area contributed by atoms with E-state index in [1.165, 1.54) is 0 Å². The largest absolute Gasteiger partial charge is 0.398 e. The minimum absolute atomic E-state index is 0.204. The fourth-order valence-corrected chi connectivity index (χ4v) is 2.91. The van der Waals surface area contributed by atoms with Crippen LogP contribution in [-0.4, -0.2) is 14.7 Å². The fraction of sp³-hybridized carbons (Fsp3) is 0. The van der Waals surface area contributed by atoms with E-state index in [1.54, 1.807) is 30.3 Å². The third-order valence-electron chi connectivity index (χ3n) is 2.89. The summed E-state index contributed by atoms with van der Waals surface area (Å²) in [4.78, 5) is 12.4. The van der Waals surface area contributed by atoms with Crippen LogP contribution in [0, 0.1) is 0 Å². The van der Waals surface area contributed by atoms with Gasteiger partial charge in [0.05, 0.1) is 33.0 Å². The topological polar surface area (TPSA) is 80.9 Å². The summed E-state index contributed by atoms with van der Waals surface area (Å²) in [6.07, 6.45) is 0. The molecular weight excluding hydrogens is 331 g/mol. The summed E-state index contributed by atoms with van der Waals surface area (Å²) in [6, 6.07) is 8.26. The summed E-state index contributed by atoms with van der Waals surface area (Å²) in [6.45, 7) is 0. The molecule has 0 spiro atoms. The molecule has 21 heavy (non-hydrogen) atoms. The van der Waals surface area contributed by atoms with Crippen LogP contribution in [0.1, 0.15) is 10.4 Å². The van der Waals surface area contributed by atoms with E-state index in [0.717, 1.165) is 11.7 Å². The summed E-state index contributed by atoms with van der Waals surface area (Å²) in [5, 5.41) is 3.35. The first-order valence-electron chi connectivity index (χ1n) is 5.84. The number of hydrogen-bond donors (Lipinski definition) is 2. The third kappa shape index (κ3) is 2.53. The maximum Gasteiger partial charge on any atom is 0.259 e. The van der Waals surface area contributed by atoms with Crippen molar-refractivity contribution >= 4 is 63.2 Å². The van der Waals surface area contributed by atoms with Crippen LogP contribution in [0.15, 0.2) is 30.3 Å². The number of anilines is 2. The molecule has 8 heteroatoms. The van der Waals surface area contributed by atoms with E-state index in [4.69, 9.17) is 28.9 Å². The van der Waals surface area contributed by atoms with Gasteiger partial charge >= 0.3 is 0 Å². The lowest BCUT2D eigenvalue weighted by atomic mass is 10.1. The van der Waals surface area contributed by atoms with Crippen LogP contribution < -0.4 is 11.1 Å². The van der Waals surface area contributed by atoms with Crippen LogP contribution in [0.4, 0.5) is 11.4 Å². The van der Waals surface area contributed by atoms with Crippen molar-refractivity contribution in [1.82, 2.24) is 8.75 Å². The van der Waals surface area contributed by atoms with Gasteiger partial charge in [0.25, 0.3) is 5.91 Å². The predicted molar refractivity (Wildman–Crippen MR) is 86.2 cm³/mol. The molecule has 0 radical (unpaired) electrons. The number of nitrogen functional groups attached to an aromatic ring is 1. The van der Waals surface area contributed by atoms with Crippen molar-refractivity contribution in [3.05, 3.63) is 45.9 Å². The van der Waals surface area contributed by atoms with Crippen molar-refractivity contribution in [2.45, 2.75) is 0 Å². The zero-order valence-corrected chi connectivity index (χ0v) is 12.8. The van der Waals surface area contributed by atoms with Crippen molar-refractivity contribution in [2.24, 2.45) is 0 Å². The van der Waals surface area contributed by atoms with E-state index in [0.29, 0.717) is 27.4 Å². The number of benzene rings is 2. The summed E-state index contributed by atoms with van der Waals surface area (Å²) in [5.41, 5.74) is 7.89. The summed E-state index contributed by atoms with van der Waals surface area (Å²) in [5.74, 6) is -0.444. The number of rotatable bonds is 2. The highest BCUT2D eigenvalue weighted by molar-refractivity contribution is 7.00. The molecule has 0 unspecified atom stereocenters. The number of nitrogens with zero attached hydrogens (tertiary/aromatic N) is 2. The van der Waals surface area contributed by atoms with Gasteiger partial charge in [-0.15, -0.1) is 0 Å². The maximum absolute atomic E-state index is 12.4. The van der Waals surface area contributed by atoms with Gasteiger partial charge in [-0.25, -0.2) is 0 Å². The Kier molecular flexibility index (Phi) is 3.67. The van der Waals surface area contributed by atoms with Gasteiger partial charge in [-0.3, -0.25) is 4.79 Å². The van der Waals surface area contributed by atoms with Gasteiger partial charge in [0.2, 0.25) is 0 Å². The van der Waals surface area contributed by atoms with Crippen molar-refractivity contribution < 1.29 is 4.79 Å². The first kappa shape index (κ1) is 14.1. The summed E-state index contributed by atoms with van der Waals surface area (Å²) < 4.78 is 8.24. The van der Waals surface area contributed by atoms with Crippen LogP contribution in [0.25, 0.3) is 11.0 Å². The molecule has 0 bridgehead atoms. The maximum atomic E-state index is 12.4.